The molecule has 2 aromatic carbocycles. The molecule has 1 aliphatic carbocycles. The van der Waals surface area contributed by atoms with E-state index >= 15 is 0 Å². The fraction of sp³-hybridized carbons (Fsp3) is 0.391. The molecule has 0 N–H and O–H groups in total. The second kappa shape index (κ2) is 7.21. The molecular weight excluding hydrogens is 360 g/mol. The van der Waals surface area contributed by atoms with Crippen LogP contribution in [0.25, 0.3) is 11.1 Å². The van der Waals surface area contributed by atoms with Gasteiger partial charge in [-0.1, -0.05) is 42.8 Å². The van der Waals surface area contributed by atoms with Gasteiger partial charge in [0.05, 0.1) is 0 Å². The number of rotatable bonds is 3. The van der Waals surface area contributed by atoms with Crippen molar-refractivity contribution in [2.75, 3.05) is 6.61 Å². The minimum atomic E-state index is -0.750. The van der Waals surface area contributed by atoms with Gasteiger partial charge in [0.15, 0.2) is 11.6 Å². The zero-order valence-corrected chi connectivity index (χ0v) is 16.2. The van der Waals surface area contributed by atoms with Crippen LogP contribution in [-0.4, -0.2) is 23.8 Å². The standard InChI is InChI=1S/C23H23ClO3/c1-2-15-5-6-17(16-7-9-18(24)10-8-16)13-19(15)21-20(25)14-27-23(22(21)26)11-3-4-12-23/h5-10,13,21H,2-4,11-12,14H2,1H3. The van der Waals surface area contributed by atoms with Crippen molar-refractivity contribution in [3.63, 3.8) is 0 Å². The van der Waals surface area contributed by atoms with Gasteiger partial charge in [-0.3, -0.25) is 9.59 Å². The van der Waals surface area contributed by atoms with Crippen LogP contribution < -0.4 is 0 Å². The molecule has 1 unspecified atom stereocenters. The molecule has 1 saturated heterocycles. The molecule has 2 aromatic rings. The highest BCUT2D eigenvalue weighted by molar-refractivity contribution is 6.30. The van der Waals surface area contributed by atoms with Crippen LogP contribution in [0.3, 0.4) is 0 Å². The van der Waals surface area contributed by atoms with Gasteiger partial charge in [-0.15, -0.1) is 0 Å². The monoisotopic (exact) mass is 382 g/mol. The SMILES string of the molecule is CCc1ccc(-c2ccc(Cl)cc2)cc1C1C(=O)COC2(CCCC2)C1=O. The molecule has 1 saturated carbocycles. The fourth-order valence-electron chi connectivity index (χ4n) is 4.43. The molecule has 2 fully saturated rings. The van der Waals surface area contributed by atoms with Gasteiger partial charge in [0.25, 0.3) is 0 Å². The highest BCUT2D eigenvalue weighted by Crippen LogP contribution is 2.42. The lowest BCUT2D eigenvalue weighted by Crippen LogP contribution is -2.50. The minimum Gasteiger partial charge on any atom is -0.359 e. The third-order valence-electron chi connectivity index (χ3n) is 5.95. The van der Waals surface area contributed by atoms with E-state index < -0.39 is 11.5 Å². The van der Waals surface area contributed by atoms with E-state index in [0.717, 1.165) is 54.4 Å². The van der Waals surface area contributed by atoms with Crippen molar-refractivity contribution in [2.24, 2.45) is 0 Å². The van der Waals surface area contributed by atoms with E-state index in [1.807, 2.05) is 42.5 Å². The summed E-state index contributed by atoms with van der Waals surface area (Å²) in [4.78, 5) is 26.1. The van der Waals surface area contributed by atoms with Gasteiger partial charge in [-0.25, -0.2) is 0 Å². The predicted molar refractivity (Wildman–Crippen MR) is 106 cm³/mol. The molecular formula is C23H23ClO3. The minimum absolute atomic E-state index is 0.0325. The van der Waals surface area contributed by atoms with E-state index in [2.05, 4.69) is 6.92 Å². The Labute approximate surface area is 164 Å². The quantitative estimate of drug-likeness (QED) is 0.691. The van der Waals surface area contributed by atoms with E-state index in [-0.39, 0.29) is 18.2 Å². The van der Waals surface area contributed by atoms with Crippen molar-refractivity contribution in [1.82, 2.24) is 0 Å². The van der Waals surface area contributed by atoms with Crippen LogP contribution in [0.15, 0.2) is 42.5 Å². The van der Waals surface area contributed by atoms with Crippen LogP contribution in [0.1, 0.15) is 49.7 Å². The lowest BCUT2D eigenvalue weighted by atomic mass is 9.76. The van der Waals surface area contributed by atoms with Gasteiger partial charge in [0, 0.05) is 5.02 Å². The first-order chi connectivity index (χ1) is 13.0. The van der Waals surface area contributed by atoms with Crippen molar-refractivity contribution in [3.8, 4) is 11.1 Å². The summed E-state index contributed by atoms with van der Waals surface area (Å²) in [5.74, 6) is -0.876. The second-order valence-electron chi connectivity index (χ2n) is 7.53. The van der Waals surface area contributed by atoms with Gasteiger partial charge in [0.2, 0.25) is 0 Å². The molecule has 0 aromatic heterocycles. The van der Waals surface area contributed by atoms with Crippen LogP contribution >= 0.6 is 11.6 Å². The Morgan fingerprint density at radius 3 is 2.37 bits per heavy atom. The van der Waals surface area contributed by atoms with E-state index in [4.69, 9.17) is 16.3 Å². The molecule has 4 rings (SSSR count). The summed E-state index contributed by atoms with van der Waals surface area (Å²) in [5.41, 5.74) is 3.15. The van der Waals surface area contributed by atoms with Crippen LogP contribution in [0, 0.1) is 0 Å². The zero-order valence-electron chi connectivity index (χ0n) is 15.5. The van der Waals surface area contributed by atoms with E-state index in [9.17, 15) is 9.59 Å². The summed E-state index contributed by atoms with van der Waals surface area (Å²) < 4.78 is 5.79. The number of halogens is 1. The van der Waals surface area contributed by atoms with Crippen LogP contribution in [-0.2, 0) is 20.7 Å². The molecule has 1 aliphatic heterocycles. The summed E-state index contributed by atoms with van der Waals surface area (Å²) in [6.07, 6.45) is 4.21. The number of carbonyl (C=O) groups is 2. The third-order valence-corrected chi connectivity index (χ3v) is 6.20. The van der Waals surface area contributed by atoms with Crippen molar-refractivity contribution in [2.45, 2.75) is 50.5 Å². The van der Waals surface area contributed by atoms with E-state index in [0.29, 0.717) is 5.02 Å². The molecule has 3 nitrogen and oxygen atoms in total. The molecule has 2 aliphatic rings. The second-order valence-corrected chi connectivity index (χ2v) is 7.96. The predicted octanol–water partition coefficient (Wildman–Crippen LogP) is 5.13. The summed E-state index contributed by atoms with van der Waals surface area (Å²) >= 11 is 6.00. The van der Waals surface area contributed by atoms with E-state index in [1.165, 1.54) is 0 Å². The first kappa shape index (κ1) is 18.4. The summed E-state index contributed by atoms with van der Waals surface area (Å²) in [7, 11) is 0. The molecule has 0 amide bonds. The number of Topliss-reactive ketones (excluding diaryl/α,β-unsaturated/α-hetero) is 2. The van der Waals surface area contributed by atoms with Crippen LogP contribution in [0.2, 0.25) is 5.02 Å². The third kappa shape index (κ3) is 3.24. The topological polar surface area (TPSA) is 43.4 Å². The highest BCUT2D eigenvalue weighted by Gasteiger charge is 2.51. The Kier molecular flexibility index (Phi) is 4.92. The number of benzene rings is 2. The Balaban J connectivity index is 1.78. The maximum Gasteiger partial charge on any atom is 0.179 e. The highest BCUT2D eigenvalue weighted by atomic mass is 35.5. The maximum absolute atomic E-state index is 13.4. The molecule has 0 bridgehead atoms. The van der Waals surface area contributed by atoms with Crippen molar-refractivity contribution in [3.05, 3.63) is 58.6 Å². The summed E-state index contributed by atoms with van der Waals surface area (Å²) in [6.45, 7) is 2.09. The molecule has 27 heavy (non-hydrogen) atoms. The smallest absolute Gasteiger partial charge is 0.179 e. The molecule has 1 heterocycles. The lowest BCUT2D eigenvalue weighted by molar-refractivity contribution is -0.161. The molecule has 4 heteroatoms. The maximum atomic E-state index is 13.4. The molecule has 140 valence electrons. The average molecular weight is 383 g/mol. The molecule has 1 atom stereocenters. The van der Waals surface area contributed by atoms with Crippen LogP contribution in [0.4, 0.5) is 0 Å². The normalized spacial score (nSPS) is 21.8. The summed E-state index contributed by atoms with van der Waals surface area (Å²) in [6, 6.07) is 13.7. The number of hydrogen-bond acceptors (Lipinski definition) is 3. The number of hydrogen-bond donors (Lipinski definition) is 0. The van der Waals surface area contributed by atoms with Crippen molar-refractivity contribution in [1.29, 1.82) is 0 Å². The fourth-order valence-corrected chi connectivity index (χ4v) is 4.56. The van der Waals surface area contributed by atoms with E-state index in [1.54, 1.807) is 0 Å². The van der Waals surface area contributed by atoms with Gasteiger partial charge in [-0.05, 0) is 72.6 Å². The molecule has 1 spiro atoms. The van der Waals surface area contributed by atoms with Gasteiger partial charge in [-0.2, -0.15) is 0 Å². The van der Waals surface area contributed by atoms with Gasteiger partial charge >= 0.3 is 0 Å². The number of carbonyl (C=O) groups excluding carboxylic acids is 2. The Bertz CT molecular complexity index is 879. The van der Waals surface area contributed by atoms with Gasteiger partial charge in [0.1, 0.15) is 18.1 Å². The first-order valence-corrected chi connectivity index (χ1v) is 10.0. The van der Waals surface area contributed by atoms with Crippen molar-refractivity contribution >= 4 is 23.2 Å². The number of aryl methyl sites for hydroxylation is 1. The molecule has 0 radical (unpaired) electrons. The largest absolute Gasteiger partial charge is 0.359 e. The summed E-state index contributed by atoms with van der Waals surface area (Å²) in [5, 5.41) is 0.683. The average Bonchev–Trinajstić information content (AvgIpc) is 3.16. The van der Waals surface area contributed by atoms with Crippen LogP contribution in [0.5, 0.6) is 0 Å². The Morgan fingerprint density at radius 2 is 1.70 bits per heavy atom. The Hall–Kier alpha value is -1.97. The number of ketones is 2. The lowest BCUT2D eigenvalue weighted by Gasteiger charge is -2.36. The first-order valence-electron chi connectivity index (χ1n) is 9.64. The van der Waals surface area contributed by atoms with Crippen molar-refractivity contribution < 1.29 is 14.3 Å². The van der Waals surface area contributed by atoms with Gasteiger partial charge < -0.3 is 4.74 Å². The number of ether oxygens (including phenoxy) is 1. The zero-order chi connectivity index (χ0) is 19.0. The Morgan fingerprint density at radius 1 is 1.04 bits per heavy atom.